The summed E-state index contributed by atoms with van der Waals surface area (Å²) in [4.78, 5) is 21.1. The van der Waals surface area contributed by atoms with E-state index in [1.54, 1.807) is 0 Å². The summed E-state index contributed by atoms with van der Waals surface area (Å²) in [6.45, 7) is 6.15. The van der Waals surface area contributed by atoms with Crippen molar-refractivity contribution in [2.75, 3.05) is 46.8 Å². The number of amides is 1. The van der Waals surface area contributed by atoms with Crippen LogP contribution in [0.5, 0.6) is 0 Å². The van der Waals surface area contributed by atoms with Crippen LogP contribution in [0.4, 0.5) is 0 Å². The monoisotopic (exact) mass is 387 g/mol. The molecule has 0 spiro atoms. The molecule has 28 heavy (non-hydrogen) atoms. The molecule has 1 saturated heterocycles. The zero-order valence-electron chi connectivity index (χ0n) is 17.8. The highest BCUT2D eigenvalue weighted by Crippen LogP contribution is 2.18. The maximum atomic E-state index is 12.1. The minimum atomic E-state index is 0.242. The SMILES string of the molecule is CCNC(=NCC(c1ccccc1)N(C)C)NCCCN1CCCCCC1=O. The van der Waals surface area contributed by atoms with Crippen LogP contribution in [0.1, 0.15) is 50.6 Å². The zero-order valence-corrected chi connectivity index (χ0v) is 17.8. The third-order valence-electron chi connectivity index (χ3n) is 5.14. The first kappa shape index (κ1) is 22.2. The molecule has 0 radical (unpaired) electrons. The summed E-state index contributed by atoms with van der Waals surface area (Å²) >= 11 is 0. The van der Waals surface area contributed by atoms with Crippen LogP contribution in [0.15, 0.2) is 35.3 Å². The van der Waals surface area contributed by atoms with Crippen LogP contribution < -0.4 is 10.6 Å². The highest BCUT2D eigenvalue weighted by atomic mass is 16.2. The van der Waals surface area contributed by atoms with E-state index < -0.39 is 0 Å². The molecule has 1 unspecified atom stereocenters. The molecule has 1 heterocycles. The Morgan fingerprint density at radius 1 is 1.18 bits per heavy atom. The molecule has 1 amide bonds. The first-order valence-electron chi connectivity index (χ1n) is 10.6. The number of guanidine groups is 1. The van der Waals surface area contributed by atoms with Gasteiger partial charge in [0.1, 0.15) is 0 Å². The van der Waals surface area contributed by atoms with Gasteiger partial charge in [0, 0.05) is 32.6 Å². The summed E-state index contributed by atoms with van der Waals surface area (Å²) in [5.41, 5.74) is 1.27. The van der Waals surface area contributed by atoms with Crippen LogP contribution in [-0.2, 0) is 4.79 Å². The number of carbonyl (C=O) groups is 1. The summed E-state index contributed by atoms with van der Waals surface area (Å²) in [5, 5.41) is 6.74. The van der Waals surface area contributed by atoms with Crippen LogP contribution in [-0.4, -0.2) is 68.5 Å². The van der Waals surface area contributed by atoms with Crippen LogP contribution in [0.2, 0.25) is 0 Å². The Labute approximate surface area is 170 Å². The normalized spacial score (nSPS) is 16.8. The summed E-state index contributed by atoms with van der Waals surface area (Å²) in [6, 6.07) is 10.7. The Bertz CT molecular complexity index is 602. The molecule has 156 valence electrons. The Morgan fingerprint density at radius 3 is 2.68 bits per heavy atom. The van der Waals surface area contributed by atoms with Crippen molar-refractivity contribution in [2.45, 2.75) is 45.1 Å². The minimum absolute atomic E-state index is 0.242. The zero-order chi connectivity index (χ0) is 20.2. The molecule has 0 bridgehead atoms. The smallest absolute Gasteiger partial charge is 0.222 e. The molecule has 6 nitrogen and oxygen atoms in total. The molecular formula is C22H37N5O. The van der Waals surface area contributed by atoms with Gasteiger partial charge in [0.15, 0.2) is 5.96 Å². The second-order valence-corrected chi connectivity index (χ2v) is 7.58. The topological polar surface area (TPSA) is 60.0 Å². The van der Waals surface area contributed by atoms with Crippen molar-refractivity contribution in [3.8, 4) is 0 Å². The molecule has 1 aliphatic heterocycles. The fraction of sp³-hybridized carbons (Fsp3) is 0.636. The van der Waals surface area contributed by atoms with Crippen LogP contribution >= 0.6 is 0 Å². The summed E-state index contributed by atoms with van der Waals surface area (Å²) in [6.07, 6.45) is 5.00. The molecular weight excluding hydrogens is 350 g/mol. The number of hydrogen-bond donors (Lipinski definition) is 2. The number of rotatable bonds is 9. The van der Waals surface area contributed by atoms with E-state index >= 15 is 0 Å². The van der Waals surface area contributed by atoms with Crippen molar-refractivity contribution >= 4 is 11.9 Å². The third-order valence-corrected chi connectivity index (χ3v) is 5.14. The van der Waals surface area contributed by atoms with Gasteiger partial charge in [-0.05, 0) is 45.8 Å². The molecule has 2 rings (SSSR count). The maximum Gasteiger partial charge on any atom is 0.222 e. The Balaban J connectivity index is 1.84. The summed E-state index contributed by atoms with van der Waals surface area (Å²) < 4.78 is 0. The molecule has 1 aromatic rings. The number of aliphatic imine (C=N–C) groups is 1. The standard InChI is InChI=1S/C22H37N5O/c1-4-23-22(24-15-11-17-27-16-10-6-9-14-21(27)28)25-18-20(26(2)3)19-12-7-5-8-13-19/h5,7-8,12-13,20H,4,6,9-11,14-18H2,1-3H3,(H2,23,24,25). The average Bonchev–Trinajstić information content (AvgIpc) is 2.90. The van der Waals surface area contributed by atoms with E-state index in [1.807, 2.05) is 11.0 Å². The van der Waals surface area contributed by atoms with Gasteiger partial charge in [-0.3, -0.25) is 9.79 Å². The Morgan fingerprint density at radius 2 is 1.96 bits per heavy atom. The number of nitrogens with one attached hydrogen (secondary N) is 2. The predicted octanol–water partition coefficient (Wildman–Crippen LogP) is 2.64. The third kappa shape index (κ3) is 7.50. The van der Waals surface area contributed by atoms with Crippen molar-refractivity contribution < 1.29 is 4.79 Å². The van der Waals surface area contributed by atoms with Gasteiger partial charge in [-0.15, -0.1) is 0 Å². The largest absolute Gasteiger partial charge is 0.357 e. The predicted molar refractivity (Wildman–Crippen MR) is 117 cm³/mol. The lowest BCUT2D eigenvalue weighted by Crippen LogP contribution is -2.40. The molecule has 2 N–H and O–H groups in total. The fourth-order valence-electron chi connectivity index (χ4n) is 3.51. The van der Waals surface area contributed by atoms with E-state index in [0.29, 0.717) is 18.9 Å². The lowest BCUT2D eigenvalue weighted by atomic mass is 10.1. The number of likely N-dealkylation sites (tertiary alicyclic amines) is 1. The van der Waals surface area contributed by atoms with Crippen LogP contribution in [0.3, 0.4) is 0 Å². The van der Waals surface area contributed by atoms with Crippen molar-refractivity contribution in [1.29, 1.82) is 0 Å². The highest BCUT2D eigenvalue weighted by Gasteiger charge is 2.16. The van der Waals surface area contributed by atoms with Gasteiger partial charge in [-0.2, -0.15) is 0 Å². The van der Waals surface area contributed by atoms with E-state index in [4.69, 9.17) is 4.99 Å². The van der Waals surface area contributed by atoms with E-state index in [1.165, 1.54) is 12.0 Å². The number of nitrogens with zero attached hydrogens (tertiary/aromatic N) is 3. The molecule has 0 saturated carbocycles. The van der Waals surface area contributed by atoms with Crippen LogP contribution in [0.25, 0.3) is 0 Å². The van der Waals surface area contributed by atoms with E-state index in [-0.39, 0.29) is 6.04 Å². The van der Waals surface area contributed by atoms with Gasteiger partial charge < -0.3 is 20.4 Å². The van der Waals surface area contributed by atoms with Crippen molar-refractivity contribution in [2.24, 2.45) is 4.99 Å². The number of hydrogen-bond acceptors (Lipinski definition) is 3. The molecule has 0 aliphatic carbocycles. The second kappa shape index (κ2) is 12.4. The van der Waals surface area contributed by atoms with E-state index in [9.17, 15) is 4.79 Å². The van der Waals surface area contributed by atoms with E-state index in [0.717, 1.165) is 51.4 Å². The maximum absolute atomic E-state index is 12.1. The molecule has 1 fully saturated rings. The van der Waals surface area contributed by atoms with Crippen molar-refractivity contribution in [1.82, 2.24) is 20.4 Å². The van der Waals surface area contributed by atoms with Gasteiger partial charge in [0.05, 0.1) is 12.6 Å². The van der Waals surface area contributed by atoms with Crippen molar-refractivity contribution in [3.63, 3.8) is 0 Å². The van der Waals surface area contributed by atoms with Gasteiger partial charge in [-0.25, -0.2) is 0 Å². The molecule has 6 heteroatoms. The molecule has 1 aromatic carbocycles. The lowest BCUT2D eigenvalue weighted by Gasteiger charge is -2.24. The average molecular weight is 388 g/mol. The Kier molecular flexibility index (Phi) is 9.83. The molecule has 1 aliphatic rings. The van der Waals surface area contributed by atoms with Gasteiger partial charge in [0.2, 0.25) is 5.91 Å². The second-order valence-electron chi connectivity index (χ2n) is 7.58. The lowest BCUT2D eigenvalue weighted by molar-refractivity contribution is -0.130. The number of carbonyl (C=O) groups excluding carboxylic acids is 1. The van der Waals surface area contributed by atoms with Gasteiger partial charge in [0.25, 0.3) is 0 Å². The summed E-state index contributed by atoms with van der Waals surface area (Å²) in [5.74, 6) is 1.15. The number of likely N-dealkylation sites (N-methyl/N-ethyl adjacent to an activating group) is 1. The molecule has 1 atom stereocenters. The quantitative estimate of drug-likeness (QED) is 0.388. The number of benzene rings is 1. The fourth-order valence-corrected chi connectivity index (χ4v) is 3.51. The first-order valence-corrected chi connectivity index (χ1v) is 10.6. The van der Waals surface area contributed by atoms with Crippen LogP contribution in [0, 0.1) is 0 Å². The Hall–Kier alpha value is -2.08. The minimum Gasteiger partial charge on any atom is -0.357 e. The van der Waals surface area contributed by atoms with Gasteiger partial charge in [-0.1, -0.05) is 36.8 Å². The molecule has 0 aromatic heterocycles. The summed E-state index contributed by atoms with van der Waals surface area (Å²) in [7, 11) is 4.18. The van der Waals surface area contributed by atoms with Crippen molar-refractivity contribution in [3.05, 3.63) is 35.9 Å². The van der Waals surface area contributed by atoms with E-state index in [2.05, 4.69) is 60.8 Å². The van der Waals surface area contributed by atoms with Gasteiger partial charge >= 0.3 is 0 Å². The first-order chi connectivity index (χ1) is 13.6. The highest BCUT2D eigenvalue weighted by molar-refractivity contribution is 5.79.